The Labute approximate surface area is 221 Å². The number of aliphatic carboxylic acids is 1. The standard InChI is InChI=1S/C27H22ClN3O7/c1-14-6-9-17(12-19(14)28)30-24(33)21-22(25(30)34)27(26(35)36,13-15-7-10-16(11-8-15)31(37)38)29-23(21)18-4-2-3-5-20(18)32/h2-12,21-23,29,32H,13H2,1H3,(H,35,36). The predicted octanol–water partition coefficient (Wildman–Crippen LogP) is 3.78. The van der Waals surface area contributed by atoms with E-state index in [0.717, 1.165) is 10.5 Å². The van der Waals surface area contributed by atoms with E-state index in [1.807, 2.05) is 0 Å². The third kappa shape index (κ3) is 3.89. The molecular formula is C27H22ClN3O7. The first-order valence-electron chi connectivity index (χ1n) is 11.7. The van der Waals surface area contributed by atoms with Gasteiger partial charge in [0.1, 0.15) is 11.3 Å². The minimum atomic E-state index is -1.95. The van der Waals surface area contributed by atoms with Gasteiger partial charge in [0.15, 0.2) is 0 Å². The molecule has 5 rings (SSSR count). The maximum atomic E-state index is 13.9. The molecule has 3 aromatic carbocycles. The van der Waals surface area contributed by atoms with Crippen LogP contribution < -0.4 is 10.2 Å². The Morgan fingerprint density at radius 1 is 1.11 bits per heavy atom. The maximum Gasteiger partial charge on any atom is 0.325 e. The molecule has 2 fully saturated rings. The number of phenolic OH excluding ortho intramolecular Hbond substituents is 1. The minimum absolute atomic E-state index is 0.155. The molecule has 38 heavy (non-hydrogen) atoms. The third-order valence-electron chi connectivity index (χ3n) is 7.35. The zero-order chi connectivity index (χ0) is 27.4. The Morgan fingerprint density at radius 2 is 1.79 bits per heavy atom. The number of anilines is 1. The molecule has 10 nitrogen and oxygen atoms in total. The van der Waals surface area contributed by atoms with Crippen LogP contribution in [0.3, 0.4) is 0 Å². The highest BCUT2D eigenvalue weighted by molar-refractivity contribution is 6.32. The fourth-order valence-electron chi connectivity index (χ4n) is 5.49. The number of carbonyl (C=O) groups excluding carboxylic acids is 2. The van der Waals surface area contributed by atoms with Gasteiger partial charge in [0, 0.05) is 35.2 Å². The fourth-order valence-corrected chi connectivity index (χ4v) is 5.66. The van der Waals surface area contributed by atoms with E-state index in [0.29, 0.717) is 10.6 Å². The number of amides is 2. The molecule has 2 heterocycles. The summed E-state index contributed by atoms with van der Waals surface area (Å²) in [5, 5.41) is 35.6. The van der Waals surface area contributed by atoms with Gasteiger partial charge in [0.05, 0.1) is 22.4 Å². The van der Waals surface area contributed by atoms with E-state index < -0.39 is 46.1 Å². The summed E-state index contributed by atoms with van der Waals surface area (Å²) in [6, 6.07) is 15.3. The number of aromatic hydroxyl groups is 1. The number of phenols is 1. The van der Waals surface area contributed by atoms with Gasteiger partial charge in [-0.25, -0.2) is 4.90 Å². The number of fused-ring (bicyclic) bond motifs is 1. The summed E-state index contributed by atoms with van der Waals surface area (Å²) < 4.78 is 0. The number of benzene rings is 3. The highest BCUT2D eigenvalue weighted by atomic mass is 35.5. The van der Waals surface area contributed by atoms with E-state index >= 15 is 0 Å². The number of hydrogen-bond acceptors (Lipinski definition) is 7. The second-order valence-electron chi connectivity index (χ2n) is 9.51. The van der Waals surface area contributed by atoms with E-state index in [1.54, 1.807) is 37.3 Å². The second-order valence-corrected chi connectivity index (χ2v) is 9.91. The summed E-state index contributed by atoms with van der Waals surface area (Å²) in [6.07, 6.45) is -0.243. The molecule has 4 unspecified atom stereocenters. The number of para-hydroxylation sites is 1. The van der Waals surface area contributed by atoms with Crippen molar-refractivity contribution in [1.29, 1.82) is 0 Å². The molecule has 4 atom stereocenters. The van der Waals surface area contributed by atoms with Crippen molar-refractivity contribution < 1.29 is 29.5 Å². The number of non-ortho nitro benzene ring substituents is 1. The summed E-state index contributed by atoms with van der Waals surface area (Å²) in [5.74, 6) is -5.34. The topological polar surface area (TPSA) is 150 Å². The number of aryl methyl sites for hydroxylation is 1. The van der Waals surface area contributed by atoms with Crippen molar-refractivity contribution in [2.75, 3.05) is 4.90 Å². The van der Waals surface area contributed by atoms with Crippen LogP contribution in [-0.4, -0.2) is 38.5 Å². The van der Waals surface area contributed by atoms with Crippen molar-refractivity contribution >= 4 is 40.8 Å². The number of nitro benzene ring substituents is 1. The molecule has 11 heteroatoms. The Morgan fingerprint density at radius 3 is 2.39 bits per heavy atom. The van der Waals surface area contributed by atoms with Crippen molar-refractivity contribution in [3.63, 3.8) is 0 Å². The Hall–Kier alpha value is -4.28. The lowest BCUT2D eigenvalue weighted by Gasteiger charge is -2.31. The van der Waals surface area contributed by atoms with Crippen molar-refractivity contribution in [3.8, 4) is 5.75 Å². The molecule has 0 radical (unpaired) electrons. The number of hydrogen-bond donors (Lipinski definition) is 3. The lowest BCUT2D eigenvalue weighted by Crippen LogP contribution is -2.57. The smallest absolute Gasteiger partial charge is 0.325 e. The van der Waals surface area contributed by atoms with Gasteiger partial charge in [-0.3, -0.25) is 29.8 Å². The van der Waals surface area contributed by atoms with Crippen LogP contribution in [0.15, 0.2) is 66.7 Å². The van der Waals surface area contributed by atoms with Crippen LogP contribution in [0.2, 0.25) is 5.02 Å². The highest BCUT2D eigenvalue weighted by Gasteiger charge is 2.68. The van der Waals surface area contributed by atoms with E-state index in [9.17, 15) is 34.7 Å². The zero-order valence-corrected chi connectivity index (χ0v) is 20.8. The van der Waals surface area contributed by atoms with Crippen molar-refractivity contribution in [1.82, 2.24) is 5.32 Å². The first kappa shape index (κ1) is 25.4. The Bertz CT molecular complexity index is 1490. The number of rotatable bonds is 6. The number of carbonyl (C=O) groups is 3. The molecule has 0 aliphatic carbocycles. The van der Waals surface area contributed by atoms with E-state index in [2.05, 4.69) is 5.32 Å². The van der Waals surface area contributed by atoms with Crippen LogP contribution in [0.5, 0.6) is 5.75 Å². The number of nitro groups is 1. The molecule has 2 saturated heterocycles. The number of nitrogens with zero attached hydrogens (tertiary/aromatic N) is 2. The fraction of sp³-hybridized carbons (Fsp3) is 0.222. The van der Waals surface area contributed by atoms with E-state index in [1.165, 1.54) is 36.4 Å². The van der Waals surface area contributed by atoms with E-state index in [-0.39, 0.29) is 29.1 Å². The summed E-state index contributed by atoms with van der Waals surface area (Å²) in [7, 11) is 0. The maximum absolute atomic E-state index is 13.9. The minimum Gasteiger partial charge on any atom is -0.508 e. The molecule has 0 aromatic heterocycles. The monoisotopic (exact) mass is 535 g/mol. The third-order valence-corrected chi connectivity index (χ3v) is 7.76. The average molecular weight is 536 g/mol. The lowest BCUT2D eigenvalue weighted by atomic mass is 9.76. The highest BCUT2D eigenvalue weighted by Crippen LogP contribution is 2.52. The van der Waals surface area contributed by atoms with Crippen LogP contribution in [0.4, 0.5) is 11.4 Å². The SMILES string of the molecule is Cc1ccc(N2C(=O)C3C(c4ccccc4O)NC(Cc4ccc([N+](=O)[O-])cc4)(C(=O)O)C3C2=O)cc1Cl. The summed E-state index contributed by atoms with van der Waals surface area (Å²) >= 11 is 6.27. The average Bonchev–Trinajstić information content (AvgIpc) is 3.35. The van der Waals surface area contributed by atoms with Gasteiger partial charge in [-0.15, -0.1) is 0 Å². The van der Waals surface area contributed by atoms with Crippen molar-refractivity contribution in [3.05, 3.63) is 98.6 Å². The molecule has 0 spiro atoms. The van der Waals surface area contributed by atoms with E-state index in [4.69, 9.17) is 11.6 Å². The van der Waals surface area contributed by atoms with Gasteiger partial charge in [0.2, 0.25) is 11.8 Å². The molecule has 3 aromatic rings. The molecular weight excluding hydrogens is 514 g/mol. The van der Waals surface area contributed by atoms with Crippen LogP contribution >= 0.6 is 11.6 Å². The predicted molar refractivity (Wildman–Crippen MR) is 137 cm³/mol. The van der Waals surface area contributed by atoms with Crippen molar-refractivity contribution in [2.24, 2.45) is 11.8 Å². The molecule has 194 valence electrons. The first-order valence-corrected chi connectivity index (χ1v) is 12.1. The molecule has 0 saturated carbocycles. The van der Waals surface area contributed by atoms with Gasteiger partial charge in [0.25, 0.3) is 5.69 Å². The molecule has 2 aliphatic rings. The lowest BCUT2D eigenvalue weighted by molar-refractivity contribution is -0.384. The number of halogens is 1. The second kappa shape index (κ2) is 9.23. The van der Waals surface area contributed by atoms with Crippen LogP contribution in [0.25, 0.3) is 0 Å². The Balaban J connectivity index is 1.65. The number of nitrogens with one attached hydrogen (secondary N) is 1. The van der Waals surface area contributed by atoms with Crippen LogP contribution in [0, 0.1) is 28.9 Å². The number of carboxylic acid groups (broad SMARTS) is 1. The summed E-state index contributed by atoms with van der Waals surface area (Å²) in [6.45, 7) is 1.77. The quantitative estimate of drug-likeness (QED) is 0.245. The molecule has 0 bridgehead atoms. The summed E-state index contributed by atoms with van der Waals surface area (Å²) in [5.41, 5.74) is -0.475. The van der Waals surface area contributed by atoms with Gasteiger partial charge >= 0.3 is 5.97 Å². The normalized spacial score (nSPS) is 24.5. The van der Waals surface area contributed by atoms with Gasteiger partial charge < -0.3 is 10.2 Å². The van der Waals surface area contributed by atoms with Crippen LogP contribution in [0.1, 0.15) is 22.7 Å². The number of carboxylic acids is 1. The van der Waals surface area contributed by atoms with Crippen LogP contribution in [-0.2, 0) is 20.8 Å². The number of imide groups is 1. The Kier molecular flexibility index (Phi) is 6.16. The molecule has 2 aliphatic heterocycles. The van der Waals surface area contributed by atoms with Gasteiger partial charge in [-0.2, -0.15) is 0 Å². The molecule has 2 amide bonds. The van der Waals surface area contributed by atoms with Gasteiger partial charge in [-0.05, 0) is 36.2 Å². The first-order chi connectivity index (χ1) is 18.0. The molecule has 3 N–H and O–H groups in total. The van der Waals surface area contributed by atoms with Crippen molar-refractivity contribution in [2.45, 2.75) is 24.9 Å². The summed E-state index contributed by atoms with van der Waals surface area (Å²) in [4.78, 5) is 52.2. The van der Waals surface area contributed by atoms with Gasteiger partial charge in [-0.1, -0.05) is 48.0 Å². The zero-order valence-electron chi connectivity index (χ0n) is 20.0. The largest absolute Gasteiger partial charge is 0.508 e.